The quantitative estimate of drug-likeness (QED) is 0.661. The van der Waals surface area contributed by atoms with Crippen molar-refractivity contribution in [3.05, 3.63) is 60.4 Å². The zero-order valence-electron chi connectivity index (χ0n) is 13.6. The average Bonchev–Trinajstić information content (AvgIpc) is 2.61. The predicted molar refractivity (Wildman–Crippen MR) is 97.2 cm³/mol. The molecule has 24 heavy (non-hydrogen) atoms. The SMILES string of the molecule is COc1ccccc1Nc1ncnc(Nc2ccccc2C)c1N. The Labute approximate surface area is 140 Å². The number of hydrogen-bond donors (Lipinski definition) is 3. The normalized spacial score (nSPS) is 10.2. The molecule has 0 aliphatic rings. The number of aromatic nitrogens is 2. The lowest BCUT2D eigenvalue weighted by Gasteiger charge is -2.15. The van der Waals surface area contributed by atoms with Gasteiger partial charge in [-0.1, -0.05) is 30.3 Å². The summed E-state index contributed by atoms with van der Waals surface area (Å²) in [5, 5.41) is 6.44. The number of ether oxygens (including phenoxy) is 1. The van der Waals surface area contributed by atoms with Gasteiger partial charge in [0.15, 0.2) is 11.6 Å². The van der Waals surface area contributed by atoms with E-state index >= 15 is 0 Å². The highest BCUT2D eigenvalue weighted by Crippen LogP contribution is 2.32. The van der Waals surface area contributed by atoms with Gasteiger partial charge in [0.2, 0.25) is 0 Å². The molecule has 0 atom stereocenters. The Hall–Kier alpha value is -3.28. The second-order valence-electron chi connectivity index (χ2n) is 5.25. The first-order valence-electron chi connectivity index (χ1n) is 7.52. The predicted octanol–water partition coefficient (Wildman–Crippen LogP) is 3.86. The molecule has 0 saturated carbocycles. The molecule has 0 aliphatic heterocycles. The van der Waals surface area contributed by atoms with E-state index in [0.717, 1.165) is 16.9 Å². The maximum atomic E-state index is 6.23. The molecule has 0 unspecified atom stereocenters. The number of rotatable bonds is 5. The van der Waals surface area contributed by atoms with Gasteiger partial charge < -0.3 is 21.1 Å². The van der Waals surface area contributed by atoms with Crippen molar-refractivity contribution in [1.29, 1.82) is 0 Å². The minimum Gasteiger partial charge on any atom is -0.495 e. The molecule has 3 rings (SSSR count). The molecule has 0 radical (unpaired) electrons. The summed E-state index contributed by atoms with van der Waals surface area (Å²) in [5.41, 5.74) is 9.51. The van der Waals surface area contributed by atoms with Gasteiger partial charge in [0, 0.05) is 5.69 Å². The van der Waals surface area contributed by atoms with Crippen LogP contribution in [0.2, 0.25) is 0 Å². The fourth-order valence-corrected chi connectivity index (χ4v) is 2.31. The Kier molecular flexibility index (Phi) is 4.47. The maximum absolute atomic E-state index is 6.23. The van der Waals surface area contributed by atoms with E-state index in [1.807, 2.05) is 55.5 Å². The van der Waals surface area contributed by atoms with Gasteiger partial charge in [0.05, 0.1) is 12.8 Å². The van der Waals surface area contributed by atoms with Crippen LogP contribution in [0, 0.1) is 6.92 Å². The van der Waals surface area contributed by atoms with Crippen molar-refractivity contribution < 1.29 is 4.74 Å². The first kappa shape index (κ1) is 15.6. The van der Waals surface area contributed by atoms with E-state index in [-0.39, 0.29) is 0 Å². The van der Waals surface area contributed by atoms with Crippen LogP contribution in [0.15, 0.2) is 54.9 Å². The summed E-state index contributed by atoms with van der Waals surface area (Å²) in [6.45, 7) is 2.02. The third-order valence-electron chi connectivity index (χ3n) is 3.64. The number of benzene rings is 2. The summed E-state index contributed by atoms with van der Waals surface area (Å²) in [5.74, 6) is 1.78. The highest BCUT2D eigenvalue weighted by atomic mass is 16.5. The third-order valence-corrected chi connectivity index (χ3v) is 3.64. The van der Waals surface area contributed by atoms with Crippen LogP contribution in [0.5, 0.6) is 5.75 Å². The largest absolute Gasteiger partial charge is 0.495 e. The fourth-order valence-electron chi connectivity index (χ4n) is 2.31. The maximum Gasteiger partial charge on any atom is 0.159 e. The lowest BCUT2D eigenvalue weighted by atomic mass is 10.2. The summed E-state index contributed by atoms with van der Waals surface area (Å²) in [4.78, 5) is 8.47. The van der Waals surface area contributed by atoms with E-state index in [1.54, 1.807) is 7.11 Å². The molecule has 1 aromatic heterocycles. The molecule has 122 valence electrons. The highest BCUT2D eigenvalue weighted by Gasteiger charge is 2.11. The number of para-hydroxylation sites is 3. The summed E-state index contributed by atoms with van der Waals surface area (Å²) in [6.07, 6.45) is 1.47. The molecule has 6 nitrogen and oxygen atoms in total. The zero-order chi connectivity index (χ0) is 16.9. The van der Waals surface area contributed by atoms with Crippen molar-refractivity contribution in [3.63, 3.8) is 0 Å². The van der Waals surface area contributed by atoms with E-state index in [2.05, 4.69) is 20.6 Å². The monoisotopic (exact) mass is 321 g/mol. The molecule has 0 saturated heterocycles. The van der Waals surface area contributed by atoms with Crippen LogP contribution in [0.3, 0.4) is 0 Å². The Balaban J connectivity index is 1.90. The first-order valence-corrected chi connectivity index (χ1v) is 7.52. The van der Waals surface area contributed by atoms with Crippen LogP contribution in [0.25, 0.3) is 0 Å². The number of nitrogen functional groups attached to an aromatic ring is 1. The minimum absolute atomic E-state index is 0.437. The molecule has 0 spiro atoms. The molecular formula is C18H19N5O. The second kappa shape index (κ2) is 6.87. The summed E-state index contributed by atoms with van der Waals surface area (Å²) < 4.78 is 5.34. The molecule has 2 aromatic carbocycles. The summed E-state index contributed by atoms with van der Waals surface area (Å²) >= 11 is 0. The minimum atomic E-state index is 0.437. The van der Waals surface area contributed by atoms with Crippen LogP contribution in [-0.4, -0.2) is 17.1 Å². The van der Waals surface area contributed by atoms with Crippen molar-refractivity contribution in [3.8, 4) is 5.75 Å². The van der Waals surface area contributed by atoms with Crippen LogP contribution in [0.1, 0.15) is 5.56 Å². The van der Waals surface area contributed by atoms with Gasteiger partial charge in [-0.15, -0.1) is 0 Å². The lowest BCUT2D eigenvalue weighted by molar-refractivity contribution is 0.417. The van der Waals surface area contributed by atoms with Crippen LogP contribution in [0.4, 0.5) is 28.7 Å². The second-order valence-corrected chi connectivity index (χ2v) is 5.25. The number of nitrogens with one attached hydrogen (secondary N) is 2. The molecule has 0 fully saturated rings. The number of anilines is 5. The lowest BCUT2D eigenvalue weighted by Crippen LogP contribution is -2.06. The van der Waals surface area contributed by atoms with Gasteiger partial charge in [0.25, 0.3) is 0 Å². The van der Waals surface area contributed by atoms with Crippen LogP contribution in [-0.2, 0) is 0 Å². The van der Waals surface area contributed by atoms with Gasteiger partial charge in [0.1, 0.15) is 17.8 Å². The number of nitrogens with zero attached hydrogens (tertiary/aromatic N) is 2. The smallest absolute Gasteiger partial charge is 0.159 e. The molecule has 1 heterocycles. The van der Waals surface area contributed by atoms with Gasteiger partial charge in [-0.25, -0.2) is 9.97 Å². The molecular weight excluding hydrogens is 302 g/mol. The fraction of sp³-hybridized carbons (Fsp3) is 0.111. The first-order chi connectivity index (χ1) is 11.7. The summed E-state index contributed by atoms with van der Waals surface area (Å²) in [6, 6.07) is 15.5. The van der Waals surface area contributed by atoms with Crippen molar-refractivity contribution in [2.24, 2.45) is 0 Å². The number of hydrogen-bond acceptors (Lipinski definition) is 6. The van der Waals surface area contributed by atoms with Gasteiger partial charge >= 0.3 is 0 Å². The molecule has 0 aliphatic carbocycles. The van der Waals surface area contributed by atoms with Crippen molar-refractivity contribution >= 4 is 28.7 Å². The van der Waals surface area contributed by atoms with E-state index in [1.165, 1.54) is 6.33 Å². The van der Waals surface area contributed by atoms with E-state index in [9.17, 15) is 0 Å². The number of methoxy groups -OCH3 is 1. The summed E-state index contributed by atoms with van der Waals surface area (Å²) in [7, 11) is 1.62. The van der Waals surface area contributed by atoms with Crippen molar-refractivity contribution in [1.82, 2.24) is 9.97 Å². The Bertz CT molecular complexity index is 850. The molecule has 6 heteroatoms. The average molecular weight is 321 g/mol. The molecule has 4 N–H and O–H groups in total. The number of aryl methyl sites for hydroxylation is 1. The Morgan fingerprint density at radius 2 is 1.46 bits per heavy atom. The molecule has 0 amide bonds. The van der Waals surface area contributed by atoms with Gasteiger partial charge in [-0.3, -0.25) is 0 Å². The van der Waals surface area contributed by atoms with E-state index in [0.29, 0.717) is 23.1 Å². The Morgan fingerprint density at radius 1 is 0.875 bits per heavy atom. The standard InChI is InChI=1S/C18H19N5O/c1-12-7-3-4-8-13(12)22-17-16(19)18(21-11-20-17)23-14-9-5-6-10-15(14)24-2/h3-11H,19H2,1-2H3,(H2,20,21,22,23). The van der Waals surface area contributed by atoms with Gasteiger partial charge in [-0.2, -0.15) is 0 Å². The Morgan fingerprint density at radius 3 is 2.12 bits per heavy atom. The van der Waals surface area contributed by atoms with Crippen molar-refractivity contribution in [2.75, 3.05) is 23.5 Å². The molecule has 3 aromatic rings. The highest BCUT2D eigenvalue weighted by molar-refractivity contribution is 5.81. The van der Waals surface area contributed by atoms with Crippen LogP contribution < -0.4 is 21.1 Å². The van der Waals surface area contributed by atoms with Crippen LogP contribution >= 0.6 is 0 Å². The van der Waals surface area contributed by atoms with Gasteiger partial charge in [-0.05, 0) is 30.7 Å². The number of nitrogens with two attached hydrogens (primary N) is 1. The third kappa shape index (κ3) is 3.22. The zero-order valence-corrected chi connectivity index (χ0v) is 13.6. The molecule has 0 bridgehead atoms. The van der Waals surface area contributed by atoms with E-state index < -0.39 is 0 Å². The van der Waals surface area contributed by atoms with Crippen molar-refractivity contribution in [2.45, 2.75) is 6.92 Å². The topological polar surface area (TPSA) is 85.1 Å². The van der Waals surface area contributed by atoms with E-state index in [4.69, 9.17) is 10.5 Å².